The molecule has 0 saturated carbocycles. The summed E-state index contributed by atoms with van der Waals surface area (Å²) < 4.78 is 27.8. The maximum atomic E-state index is 14.2. The van der Waals surface area contributed by atoms with Gasteiger partial charge in [-0.25, -0.2) is 8.78 Å². The van der Waals surface area contributed by atoms with Crippen molar-refractivity contribution in [3.05, 3.63) is 65.5 Å². The molecule has 0 unspecified atom stereocenters. The SMILES string of the molecule is CC(C)N(C)CC(=O)N[C@H](c1ccncc1)c1cc(F)ccc1F. The Morgan fingerprint density at radius 1 is 1.21 bits per heavy atom. The Hall–Kier alpha value is -2.34. The molecule has 1 aromatic heterocycles. The first-order valence-electron chi connectivity index (χ1n) is 7.73. The largest absolute Gasteiger partial charge is 0.344 e. The van der Waals surface area contributed by atoms with E-state index in [9.17, 15) is 13.6 Å². The molecule has 1 heterocycles. The van der Waals surface area contributed by atoms with Crippen molar-refractivity contribution in [3.8, 4) is 0 Å². The van der Waals surface area contributed by atoms with Gasteiger partial charge in [-0.05, 0) is 56.8 Å². The summed E-state index contributed by atoms with van der Waals surface area (Å²) >= 11 is 0. The number of pyridine rings is 1. The second-order valence-corrected chi connectivity index (χ2v) is 5.96. The van der Waals surface area contributed by atoms with Gasteiger partial charge in [-0.1, -0.05) is 0 Å². The lowest BCUT2D eigenvalue weighted by atomic mass is 9.99. The molecule has 0 spiro atoms. The summed E-state index contributed by atoms with van der Waals surface area (Å²) in [5.41, 5.74) is 0.719. The van der Waals surface area contributed by atoms with Gasteiger partial charge in [-0.3, -0.25) is 14.7 Å². The third kappa shape index (κ3) is 4.58. The minimum Gasteiger partial charge on any atom is -0.344 e. The van der Waals surface area contributed by atoms with Crippen LogP contribution >= 0.6 is 0 Å². The van der Waals surface area contributed by atoms with Gasteiger partial charge in [0.05, 0.1) is 12.6 Å². The number of hydrogen-bond donors (Lipinski definition) is 1. The van der Waals surface area contributed by atoms with Crippen LogP contribution in [0.15, 0.2) is 42.7 Å². The smallest absolute Gasteiger partial charge is 0.234 e. The zero-order valence-electron chi connectivity index (χ0n) is 14.0. The minimum absolute atomic E-state index is 0.0850. The predicted octanol–water partition coefficient (Wildman–Crippen LogP) is 2.91. The average molecular weight is 333 g/mol. The fourth-order valence-corrected chi connectivity index (χ4v) is 2.25. The van der Waals surface area contributed by atoms with E-state index < -0.39 is 17.7 Å². The molecule has 1 atom stereocenters. The minimum atomic E-state index is -0.781. The van der Waals surface area contributed by atoms with Gasteiger partial charge in [-0.2, -0.15) is 0 Å². The summed E-state index contributed by atoms with van der Waals surface area (Å²) in [6.07, 6.45) is 3.10. The fourth-order valence-electron chi connectivity index (χ4n) is 2.25. The Morgan fingerprint density at radius 2 is 1.88 bits per heavy atom. The standard InChI is InChI=1S/C18H21F2N3O/c1-12(2)23(3)11-17(24)22-18(13-6-8-21-9-7-13)15-10-14(19)4-5-16(15)20/h4-10,12,18H,11H2,1-3H3,(H,22,24)/t18-/m1/s1. The second kappa shape index (κ2) is 7.97. The number of amides is 1. The second-order valence-electron chi connectivity index (χ2n) is 5.96. The lowest BCUT2D eigenvalue weighted by Crippen LogP contribution is -2.40. The molecule has 0 bridgehead atoms. The van der Waals surface area contributed by atoms with Gasteiger partial charge in [0.2, 0.25) is 5.91 Å². The van der Waals surface area contributed by atoms with Gasteiger partial charge in [0.25, 0.3) is 0 Å². The molecule has 6 heteroatoms. The number of halogens is 2. The van der Waals surface area contributed by atoms with Gasteiger partial charge in [0, 0.05) is 24.0 Å². The highest BCUT2D eigenvalue weighted by Crippen LogP contribution is 2.25. The van der Waals surface area contributed by atoms with Gasteiger partial charge in [0.1, 0.15) is 11.6 Å². The van der Waals surface area contributed by atoms with Gasteiger partial charge in [0.15, 0.2) is 0 Å². The Morgan fingerprint density at radius 3 is 2.50 bits per heavy atom. The molecule has 1 aromatic carbocycles. The summed E-state index contributed by atoms with van der Waals surface area (Å²) in [6, 6.07) is 5.97. The van der Waals surface area contributed by atoms with Crippen LogP contribution in [-0.4, -0.2) is 35.4 Å². The molecule has 128 valence electrons. The Bertz CT molecular complexity index is 692. The summed E-state index contributed by atoms with van der Waals surface area (Å²) in [4.78, 5) is 18.1. The van der Waals surface area contributed by atoms with Crippen LogP contribution in [0.2, 0.25) is 0 Å². The highest BCUT2D eigenvalue weighted by atomic mass is 19.1. The molecule has 0 aliphatic heterocycles. The molecular weight excluding hydrogens is 312 g/mol. The molecule has 1 N–H and O–H groups in total. The molecule has 0 saturated heterocycles. The van der Waals surface area contributed by atoms with Crippen LogP contribution in [0.25, 0.3) is 0 Å². The van der Waals surface area contributed by atoms with Crippen LogP contribution < -0.4 is 5.32 Å². The fraction of sp³-hybridized carbons (Fsp3) is 0.333. The predicted molar refractivity (Wildman–Crippen MR) is 88.3 cm³/mol. The van der Waals surface area contributed by atoms with E-state index in [2.05, 4.69) is 10.3 Å². The first-order valence-corrected chi connectivity index (χ1v) is 7.73. The molecule has 0 aliphatic rings. The highest BCUT2D eigenvalue weighted by molar-refractivity contribution is 5.79. The van der Waals surface area contributed by atoms with E-state index in [-0.39, 0.29) is 24.1 Å². The van der Waals surface area contributed by atoms with Crippen molar-refractivity contribution in [1.82, 2.24) is 15.2 Å². The third-order valence-corrected chi connectivity index (χ3v) is 3.89. The maximum Gasteiger partial charge on any atom is 0.234 e. The van der Waals surface area contributed by atoms with Crippen LogP contribution in [0.4, 0.5) is 8.78 Å². The number of hydrogen-bond acceptors (Lipinski definition) is 3. The maximum absolute atomic E-state index is 14.2. The first-order chi connectivity index (χ1) is 11.4. The summed E-state index contributed by atoms with van der Waals surface area (Å²) in [7, 11) is 1.83. The van der Waals surface area contributed by atoms with Gasteiger partial charge in [-0.15, -0.1) is 0 Å². The molecule has 2 rings (SSSR count). The quantitative estimate of drug-likeness (QED) is 0.884. The molecule has 24 heavy (non-hydrogen) atoms. The van der Waals surface area contributed by atoms with Crippen molar-refractivity contribution in [3.63, 3.8) is 0 Å². The number of rotatable bonds is 6. The van der Waals surface area contributed by atoms with E-state index in [1.807, 2.05) is 25.8 Å². The molecule has 2 aromatic rings. The first kappa shape index (κ1) is 18.0. The molecular formula is C18H21F2N3O. The van der Waals surface area contributed by atoms with Crippen LogP contribution in [0.3, 0.4) is 0 Å². The zero-order valence-corrected chi connectivity index (χ0v) is 14.0. The van der Waals surface area contributed by atoms with E-state index in [0.29, 0.717) is 5.56 Å². The topological polar surface area (TPSA) is 45.2 Å². The van der Waals surface area contributed by atoms with E-state index in [1.165, 1.54) is 0 Å². The average Bonchev–Trinajstić information content (AvgIpc) is 2.55. The van der Waals surface area contributed by atoms with Crippen LogP contribution in [0, 0.1) is 11.6 Å². The van der Waals surface area contributed by atoms with E-state index >= 15 is 0 Å². The third-order valence-electron chi connectivity index (χ3n) is 3.89. The number of nitrogens with zero attached hydrogens (tertiary/aromatic N) is 2. The number of carbonyl (C=O) groups excluding carboxylic acids is 1. The Kier molecular flexibility index (Phi) is 5.98. The summed E-state index contributed by atoms with van der Waals surface area (Å²) in [5, 5.41) is 2.79. The van der Waals surface area contributed by atoms with Crippen molar-refractivity contribution >= 4 is 5.91 Å². The van der Waals surface area contributed by atoms with E-state index in [1.54, 1.807) is 24.5 Å². The number of benzene rings is 1. The van der Waals surface area contributed by atoms with Crippen molar-refractivity contribution in [2.24, 2.45) is 0 Å². The number of likely N-dealkylation sites (N-methyl/N-ethyl adjacent to an activating group) is 1. The van der Waals surface area contributed by atoms with Crippen LogP contribution in [0.5, 0.6) is 0 Å². The van der Waals surface area contributed by atoms with Gasteiger partial charge < -0.3 is 5.32 Å². The summed E-state index contributed by atoms with van der Waals surface area (Å²) in [5.74, 6) is -1.40. The Balaban J connectivity index is 2.31. The summed E-state index contributed by atoms with van der Waals surface area (Å²) in [6.45, 7) is 4.11. The zero-order chi connectivity index (χ0) is 17.7. The normalized spacial score (nSPS) is 12.5. The van der Waals surface area contributed by atoms with Crippen molar-refractivity contribution in [1.29, 1.82) is 0 Å². The lowest BCUT2D eigenvalue weighted by molar-refractivity contribution is -0.122. The number of carbonyl (C=O) groups is 1. The number of nitrogens with one attached hydrogen (secondary N) is 1. The molecule has 1 amide bonds. The Labute approximate surface area is 140 Å². The molecule has 0 radical (unpaired) electrons. The monoisotopic (exact) mass is 333 g/mol. The van der Waals surface area contributed by atoms with E-state index in [0.717, 1.165) is 18.2 Å². The molecule has 0 fully saturated rings. The van der Waals surface area contributed by atoms with Crippen LogP contribution in [-0.2, 0) is 4.79 Å². The van der Waals surface area contributed by atoms with E-state index in [4.69, 9.17) is 0 Å². The van der Waals surface area contributed by atoms with Crippen molar-refractivity contribution in [2.45, 2.75) is 25.9 Å². The number of aromatic nitrogens is 1. The van der Waals surface area contributed by atoms with Crippen LogP contribution in [0.1, 0.15) is 31.0 Å². The lowest BCUT2D eigenvalue weighted by Gasteiger charge is -2.24. The van der Waals surface area contributed by atoms with Crippen molar-refractivity contribution < 1.29 is 13.6 Å². The molecule has 4 nitrogen and oxygen atoms in total. The van der Waals surface area contributed by atoms with Gasteiger partial charge >= 0.3 is 0 Å². The van der Waals surface area contributed by atoms with Crippen molar-refractivity contribution in [2.75, 3.05) is 13.6 Å². The molecule has 0 aliphatic carbocycles. The highest BCUT2D eigenvalue weighted by Gasteiger charge is 2.22.